The maximum absolute atomic E-state index is 12.8. The fraction of sp³-hybridized carbons (Fsp3) is 0.444. The Morgan fingerprint density at radius 1 is 1.24 bits per heavy atom. The Kier molecular flexibility index (Phi) is 4.57. The number of piperidine rings is 1. The number of nitrogens with zero attached hydrogens (tertiary/aromatic N) is 1. The van der Waals surface area contributed by atoms with Crippen molar-refractivity contribution in [1.29, 1.82) is 0 Å². The Hall–Kier alpha value is -2.70. The zero-order valence-electron chi connectivity index (χ0n) is 14.2. The maximum Gasteiger partial charge on any atom is 0.266 e. The molecule has 0 spiro atoms. The minimum absolute atomic E-state index is 0.0984. The van der Waals surface area contributed by atoms with Crippen molar-refractivity contribution >= 4 is 23.6 Å². The Morgan fingerprint density at radius 3 is 2.68 bits per heavy atom. The standard InChI is InChI=1S/C18H20N2O5/c1-3-10(2)9-25-13-6-4-5-11-15(13)18(24)20(17(11)23)12-7-8-14(21)19-16(12)22/h4-6,10,12H,3,7-9H2,1-2H3,(H,19,21,22). The number of amides is 4. The third kappa shape index (κ3) is 3.01. The highest BCUT2D eigenvalue weighted by atomic mass is 16.5. The van der Waals surface area contributed by atoms with Gasteiger partial charge in [-0.05, 0) is 24.5 Å². The molecule has 1 aromatic rings. The van der Waals surface area contributed by atoms with Crippen LogP contribution < -0.4 is 10.1 Å². The molecule has 7 nitrogen and oxygen atoms in total. The van der Waals surface area contributed by atoms with Crippen molar-refractivity contribution in [3.63, 3.8) is 0 Å². The number of hydrogen-bond donors (Lipinski definition) is 1. The summed E-state index contributed by atoms with van der Waals surface area (Å²) < 4.78 is 5.75. The third-order valence-corrected chi connectivity index (χ3v) is 4.65. The summed E-state index contributed by atoms with van der Waals surface area (Å²) in [4.78, 5) is 49.8. The summed E-state index contributed by atoms with van der Waals surface area (Å²) in [6.07, 6.45) is 1.17. The highest BCUT2D eigenvalue weighted by Crippen LogP contribution is 2.33. The lowest BCUT2D eigenvalue weighted by Gasteiger charge is -2.27. The summed E-state index contributed by atoms with van der Waals surface area (Å²) in [6, 6.07) is 3.90. The predicted molar refractivity (Wildman–Crippen MR) is 88.1 cm³/mol. The monoisotopic (exact) mass is 344 g/mol. The number of fused-ring (bicyclic) bond motifs is 1. The summed E-state index contributed by atoms with van der Waals surface area (Å²) in [5, 5.41) is 2.18. The third-order valence-electron chi connectivity index (χ3n) is 4.65. The van der Waals surface area contributed by atoms with Crippen LogP contribution in [0, 0.1) is 5.92 Å². The second-order valence-electron chi connectivity index (χ2n) is 6.45. The van der Waals surface area contributed by atoms with Gasteiger partial charge in [-0.3, -0.25) is 29.4 Å². The minimum Gasteiger partial charge on any atom is -0.492 e. The normalized spacial score (nSPS) is 21.2. The van der Waals surface area contributed by atoms with Crippen molar-refractivity contribution < 1.29 is 23.9 Å². The fourth-order valence-corrected chi connectivity index (χ4v) is 2.95. The van der Waals surface area contributed by atoms with E-state index in [1.54, 1.807) is 18.2 Å². The minimum atomic E-state index is -0.965. The van der Waals surface area contributed by atoms with Crippen LogP contribution >= 0.6 is 0 Å². The predicted octanol–water partition coefficient (Wildman–Crippen LogP) is 1.51. The molecular weight excluding hydrogens is 324 g/mol. The molecule has 4 amide bonds. The molecule has 3 rings (SSSR count). The lowest BCUT2D eigenvalue weighted by molar-refractivity contribution is -0.136. The Bertz CT molecular complexity index is 758. The zero-order valence-corrected chi connectivity index (χ0v) is 14.2. The SMILES string of the molecule is CCC(C)COc1cccc2c1C(=O)N(C1CCC(=O)NC1=O)C2=O. The van der Waals surface area contributed by atoms with Gasteiger partial charge in [-0.1, -0.05) is 26.3 Å². The summed E-state index contributed by atoms with van der Waals surface area (Å²) in [5.41, 5.74) is 0.428. The molecule has 1 saturated heterocycles. The number of nitrogens with one attached hydrogen (secondary N) is 1. The van der Waals surface area contributed by atoms with Gasteiger partial charge in [-0.25, -0.2) is 0 Å². The number of carbonyl (C=O) groups is 4. The lowest BCUT2D eigenvalue weighted by atomic mass is 10.0. The summed E-state index contributed by atoms with van der Waals surface area (Å²) in [6.45, 7) is 4.52. The van der Waals surface area contributed by atoms with Crippen molar-refractivity contribution in [3.8, 4) is 5.75 Å². The van der Waals surface area contributed by atoms with Crippen LogP contribution in [0.2, 0.25) is 0 Å². The van der Waals surface area contributed by atoms with Crippen LogP contribution in [-0.4, -0.2) is 41.2 Å². The van der Waals surface area contributed by atoms with Gasteiger partial charge in [0.2, 0.25) is 11.8 Å². The van der Waals surface area contributed by atoms with Gasteiger partial charge in [0.1, 0.15) is 11.8 Å². The summed E-state index contributed by atoms with van der Waals surface area (Å²) in [5.74, 6) is -1.42. The molecule has 0 aliphatic carbocycles. The molecule has 1 fully saturated rings. The Balaban J connectivity index is 1.89. The lowest BCUT2D eigenvalue weighted by Crippen LogP contribution is -2.54. The topological polar surface area (TPSA) is 92.8 Å². The molecule has 0 bridgehead atoms. The first-order valence-electron chi connectivity index (χ1n) is 8.41. The molecule has 2 aliphatic heterocycles. The van der Waals surface area contributed by atoms with Crippen LogP contribution in [0.3, 0.4) is 0 Å². The number of rotatable bonds is 5. The molecule has 0 aromatic heterocycles. The van der Waals surface area contributed by atoms with Crippen molar-refractivity contribution in [2.75, 3.05) is 6.61 Å². The van der Waals surface area contributed by atoms with E-state index in [4.69, 9.17) is 4.74 Å². The highest BCUT2D eigenvalue weighted by molar-refractivity contribution is 6.24. The van der Waals surface area contributed by atoms with Crippen molar-refractivity contribution in [3.05, 3.63) is 29.3 Å². The van der Waals surface area contributed by atoms with Crippen LogP contribution in [0.1, 0.15) is 53.8 Å². The maximum atomic E-state index is 12.8. The van der Waals surface area contributed by atoms with Crippen LogP contribution in [0.5, 0.6) is 5.75 Å². The number of benzene rings is 1. The van der Waals surface area contributed by atoms with Gasteiger partial charge >= 0.3 is 0 Å². The van der Waals surface area contributed by atoms with Crippen LogP contribution in [0.25, 0.3) is 0 Å². The van der Waals surface area contributed by atoms with Crippen LogP contribution in [0.15, 0.2) is 18.2 Å². The van der Waals surface area contributed by atoms with Crippen molar-refractivity contribution in [1.82, 2.24) is 10.2 Å². The first-order chi connectivity index (χ1) is 11.9. The molecule has 1 aromatic carbocycles. The molecule has 132 valence electrons. The molecule has 1 N–H and O–H groups in total. The molecule has 2 atom stereocenters. The van der Waals surface area contributed by atoms with Crippen molar-refractivity contribution in [2.45, 2.75) is 39.2 Å². The van der Waals surface area contributed by atoms with Crippen LogP contribution in [-0.2, 0) is 9.59 Å². The van der Waals surface area contributed by atoms with E-state index >= 15 is 0 Å². The highest BCUT2D eigenvalue weighted by Gasteiger charge is 2.45. The number of imide groups is 2. The number of hydrogen-bond acceptors (Lipinski definition) is 5. The first-order valence-corrected chi connectivity index (χ1v) is 8.41. The quantitative estimate of drug-likeness (QED) is 0.818. The largest absolute Gasteiger partial charge is 0.492 e. The average Bonchev–Trinajstić information content (AvgIpc) is 2.85. The average molecular weight is 344 g/mol. The first kappa shape index (κ1) is 17.1. The number of carbonyl (C=O) groups excluding carboxylic acids is 4. The smallest absolute Gasteiger partial charge is 0.266 e. The van der Waals surface area contributed by atoms with Gasteiger partial charge in [0.25, 0.3) is 11.8 Å². The molecular formula is C18H20N2O5. The van der Waals surface area contributed by atoms with E-state index in [1.807, 2.05) is 13.8 Å². The summed E-state index contributed by atoms with van der Waals surface area (Å²) >= 11 is 0. The van der Waals surface area contributed by atoms with E-state index in [2.05, 4.69) is 5.32 Å². The van der Waals surface area contributed by atoms with Gasteiger partial charge in [0.05, 0.1) is 17.7 Å². The molecule has 0 radical (unpaired) electrons. The van der Waals surface area contributed by atoms with E-state index in [0.29, 0.717) is 18.3 Å². The summed E-state index contributed by atoms with van der Waals surface area (Å²) in [7, 11) is 0. The van der Waals surface area contributed by atoms with Gasteiger partial charge < -0.3 is 4.74 Å². The van der Waals surface area contributed by atoms with Gasteiger partial charge in [0, 0.05) is 6.42 Å². The van der Waals surface area contributed by atoms with Crippen LogP contribution in [0.4, 0.5) is 0 Å². The van der Waals surface area contributed by atoms with Crippen molar-refractivity contribution in [2.24, 2.45) is 5.92 Å². The molecule has 2 heterocycles. The molecule has 2 unspecified atom stereocenters. The van der Waals surface area contributed by atoms with E-state index in [0.717, 1.165) is 11.3 Å². The molecule has 25 heavy (non-hydrogen) atoms. The van der Waals surface area contributed by atoms with E-state index in [1.165, 1.54) is 0 Å². The van der Waals surface area contributed by atoms with E-state index in [9.17, 15) is 19.2 Å². The molecule has 2 aliphatic rings. The Labute approximate surface area is 145 Å². The number of ether oxygens (including phenoxy) is 1. The fourth-order valence-electron chi connectivity index (χ4n) is 2.95. The van der Waals surface area contributed by atoms with Gasteiger partial charge in [-0.2, -0.15) is 0 Å². The second-order valence-corrected chi connectivity index (χ2v) is 6.45. The molecule has 7 heteroatoms. The van der Waals surface area contributed by atoms with E-state index in [-0.39, 0.29) is 24.0 Å². The van der Waals surface area contributed by atoms with Gasteiger partial charge in [-0.15, -0.1) is 0 Å². The molecule has 0 saturated carbocycles. The van der Waals surface area contributed by atoms with E-state index < -0.39 is 29.7 Å². The zero-order chi connectivity index (χ0) is 18.1. The Morgan fingerprint density at radius 2 is 2.00 bits per heavy atom. The second kappa shape index (κ2) is 6.66. The van der Waals surface area contributed by atoms with Gasteiger partial charge in [0.15, 0.2) is 0 Å².